The molecule has 0 radical (unpaired) electrons. The Kier molecular flexibility index (Phi) is 4.78. The minimum Gasteiger partial charge on any atom is -0.425 e. The Hall–Kier alpha value is -1.39. The average molecular weight is 294 g/mol. The van der Waals surface area contributed by atoms with Gasteiger partial charge in [-0.05, 0) is 38.5 Å². The van der Waals surface area contributed by atoms with Crippen LogP contribution in [0.1, 0.15) is 38.1 Å². The van der Waals surface area contributed by atoms with Crippen molar-refractivity contribution in [1.29, 1.82) is 0 Å². The lowest BCUT2D eigenvalue weighted by molar-refractivity contribution is 0.403. The van der Waals surface area contributed by atoms with Crippen molar-refractivity contribution in [3.8, 4) is 0 Å². The molecule has 0 saturated heterocycles. The van der Waals surface area contributed by atoms with Gasteiger partial charge in [0.2, 0.25) is 11.8 Å². The van der Waals surface area contributed by atoms with Gasteiger partial charge < -0.3 is 9.73 Å². The summed E-state index contributed by atoms with van der Waals surface area (Å²) in [5.74, 6) is 1.31. The summed E-state index contributed by atoms with van der Waals surface area (Å²) >= 11 is 5.85. The molecule has 1 aromatic carbocycles. The zero-order chi connectivity index (χ0) is 14.6. The molecule has 0 bridgehead atoms. The Balaban J connectivity index is 1.87. The summed E-state index contributed by atoms with van der Waals surface area (Å²) in [4.78, 5) is 0. The van der Waals surface area contributed by atoms with Crippen LogP contribution >= 0.6 is 11.6 Å². The first kappa shape index (κ1) is 15.0. The second-order valence-corrected chi connectivity index (χ2v) is 6.26. The summed E-state index contributed by atoms with van der Waals surface area (Å²) in [6, 6.07) is 7.66. The molecule has 5 heteroatoms. The molecular formula is C15H20ClN3O. The van der Waals surface area contributed by atoms with Gasteiger partial charge >= 0.3 is 0 Å². The SMILES string of the molecule is CC(C)(C)NCCc1nnc(Cc2ccc(Cl)cc2)o1. The average Bonchev–Trinajstić information content (AvgIpc) is 2.78. The molecule has 0 aliphatic carbocycles. The first-order valence-corrected chi connectivity index (χ1v) is 7.11. The number of halogens is 1. The van der Waals surface area contributed by atoms with E-state index in [1.165, 1.54) is 0 Å². The Morgan fingerprint density at radius 3 is 2.40 bits per heavy atom. The molecule has 2 rings (SSSR count). The fraction of sp³-hybridized carbons (Fsp3) is 0.467. The fourth-order valence-electron chi connectivity index (χ4n) is 1.78. The Morgan fingerprint density at radius 2 is 1.75 bits per heavy atom. The summed E-state index contributed by atoms with van der Waals surface area (Å²) in [5, 5.41) is 12.3. The summed E-state index contributed by atoms with van der Waals surface area (Å²) in [6.07, 6.45) is 1.38. The van der Waals surface area contributed by atoms with E-state index < -0.39 is 0 Å². The van der Waals surface area contributed by atoms with E-state index in [1.54, 1.807) is 0 Å². The van der Waals surface area contributed by atoms with E-state index in [2.05, 4.69) is 36.3 Å². The number of nitrogens with one attached hydrogen (secondary N) is 1. The van der Waals surface area contributed by atoms with Crippen LogP contribution in [0.4, 0.5) is 0 Å². The Labute approximate surface area is 124 Å². The summed E-state index contributed by atoms with van der Waals surface area (Å²) in [5.41, 5.74) is 1.21. The quantitative estimate of drug-likeness (QED) is 0.919. The first-order valence-electron chi connectivity index (χ1n) is 6.73. The maximum absolute atomic E-state index is 5.85. The minimum atomic E-state index is 0.103. The van der Waals surface area contributed by atoms with Crippen molar-refractivity contribution >= 4 is 11.6 Å². The fourth-order valence-corrected chi connectivity index (χ4v) is 1.91. The third-order valence-corrected chi connectivity index (χ3v) is 3.02. The summed E-state index contributed by atoms with van der Waals surface area (Å²) < 4.78 is 5.64. The normalized spacial score (nSPS) is 11.8. The van der Waals surface area contributed by atoms with Crippen molar-refractivity contribution in [2.24, 2.45) is 0 Å². The van der Waals surface area contributed by atoms with Crippen molar-refractivity contribution in [2.45, 2.75) is 39.2 Å². The maximum atomic E-state index is 5.85. The van der Waals surface area contributed by atoms with E-state index in [0.29, 0.717) is 18.2 Å². The zero-order valence-electron chi connectivity index (χ0n) is 12.1. The van der Waals surface area contributed by atoms with E-state index in [4.69, 9.17) is 16.0 Å². The highest BCUT2D eigenvalue weighted by atomic mass is 35.5. The summed E-state index contributed by atoms with van der Waals surface area (Å²) in [6.45, 7) is 7.22. The molecule has 0 amide bonds. The molecule has 4 nitrogen and oxygen atoms in total. The molecule has 1 heterocycles. The van der Waals surface area contributed by atoms with Gasteiger partial charge in [-0.25, -0.2) is 0 Å². The van der Waals surface area contributed by atoms with Gasteiger partial charge in [-0.15, -0.1) is 10.2 Å². The van der Waals surface area contributed by atoms with Gasteiger partial charge in [0, 0.05) is 23.5 Å². The molecule has 108 valence electrons. The number of hydrogen-bond acceptors (Lipinski definition) is 4. The Morgan fingerprint density at radius 1 is 1.10 bits per heavy atom. The van der Waals surface area contributed by atoms with E-state index in [-0.39, 0.29) is 5.54 Å². The predicted octanol–water partition coefficient (Wildman–Crippen LogP) is 3.24. The second-order valence-electron chi connectivity index (χ2n) is 5.82. The standard InChI is InChI=1S/C15H20ClN3O/c1-15(2,3)17-9-8-13-18-19-14(20-13)10-11-4-6-12(16)7-5-11/h4-7,17H,8-10H2,1-3H3. The van der Waals surface area contributed by atoms with Crippen molar-refractivity contribution in [3.63, 3.8) is 0 Å². The van der Waals surface area contributed by atoms with Crippen LogP contribution in [0, 0.1) is 0 Å². The van der Waals surface area contributed by atoms with Crippen LogP contribution in [0.2, 0.25) is 5.02 Å². The van der Waals surface area contributed by atoms with Crippen LogP contribution in [0.5, 0.6) is 0 Å². The highest BCUT2D eigenvalue weighted by Crippen LogP contribution is 2.13. The molecule has 0 unspecified atom stereocenters. The lowest BCUT2D eigenvalue weighted by Gasteiger charge is -2.19. The van der Waals surface area contributed by atoms with E-state index in [1.807, 2.05) is 24.3 Å². The second kappa shape index (κ2) is 6.37. The maximum Gasteiger partial charge on any atom is 0.220 e. The molecule has 20 heavy (non-hydrogen) atoms. The molecule has 0 saturated carbocycles. The van der Waals surface area contributed by atoms with Crippen LogP contribution < -0.4 is 5.32 Å². The van der Waals surface area contributed by atoms with Crippen LogP contribution in [-0.2, 0) is 12.8 Å². The van der Waals surface area contributed by atoms with E-state index in [0.717, 1.165) is 23.6 Å². The molecular weight excluding hydrogens is 274 g/mol. The number of benzene rings is 1. The lowest BCUT2D eigenvalue weighted by atomic mass is 10.1. The molecule has 1 N–H and O–H groups in total. The molecule has 0 aliphatic heterocycles. The van der Waals surface area contributed by atoms with Gasteiger partial charge in [0.15, 0.2) is 0 Å². The lowest BCUT2D eigenvalue weighted by Crippen LogP contribution is -2.37. The van der Waals surface area contributed by atoms with Gasteiger partial charge in [-0.3, -0.25) is 0 Å². The number of aromatic nitrogens is 2. The number of hydrogen-bond donors (Lipinski definition) is 1. The smallest absolute Gasteiger partial charge is 0.220 e. The third kappa shape index (κ3) is 4.94. The largest absolute Gasteiger partial charge is 0.425 e. The van der Waals surface area contributed by atoms with Crippen molar-refractivity contribution in [1.82, 2.24) is 15.5 Å². The van der Waals surface area contributed by atoms with Crippen LogP contribution in [0.25, 0.3) is 0 Å². The number of rotatable bonds is 5. The van der Waals surface area contributed by atoms with Gasteiger partial charge in [-0.1, -0.05) is 23.7 Å². The molecule has 0 spiro atoms. The number of nitrogens with zero attached hydrogens (tertiary/aromatic N) is 2. The monoisotopic (exact) mass is 293 g/mol. The van der Waals surface area contributed by atoms with Crippen LogP contribution in [0.15, 0.2) is 28.7 Å². The van der Waals surface area contributed by atoms with Gasteiger partial charge in [-0.2, -0.15) is 0 Å². The molecule has 0 aliphatic rings. The zero-order valence-corrected chi connectivity index (χ0v) is 12.9. The highest BCUT2D eigenvalue weighted by molar-refractivity contribution is 6.30. The van der Waals surface area contributed by atoms with Gasteiger partial charge in [0.05, 0.1) is 6.42 Å². The third-order valence-electron chi connectivity index (χ3n) is 2.77. The Bertz CT molecular complexity index is 543. The van der Waals surface area contributed by atoms with Crippen molar-refractivity contribution in [3.05, 3.63) is 46.6 Å². The highest BCUT2D eigenvalue weighted by Gasteiger charge is 2.10. The predicted molar refractivity (Wildman–Crippen MR) is 80.0 cm³/mol. The van der Waals surface area contributed by atoms with Crippen molar-refractivity contribution < 1.29 is 4.42 Å². The first-order chi connectivity index (χ1) is 9.42. The minimum absolute atomic E-state index is 0.103. The van der Waals surface area contributed by atoms with Crippen LogP contribution in [0.3, 0.4) is 0 Å². The van der Waals surface area contributed by atoms with Crippen molar-refractivity contribution in [2.75, 3.05) is 6.54 Å². The van der Waals surface area contributed by atoms with Gasteiger partial charge in [0.25, 0.3) is 0 Å². The van der Waals surface area contributed by atoms with Gasteiger partial charge in [0.1, 0.15) is 0 Å². The van der Waals surface area contributed by atoms with E-state index >= 15 is 0 Å². The molecule has 2 aromatic rings. The van der Waals surface area contributed by atoms with Crippen LogP contribution in [-0.4, -0.2) is 22.3 Å². The topological polar surface area (TPSA) is 51.0 Å². The molecule has 0 atom stereocenters. The molecule has 1 aromatic heterocycles. The summed E-state index contributed by atoms with van der Waals surface area (Å²) in [7, 11) is 0. The molecule has 0 fully saturated rings. The van der Waals surface area contributed by atoms with E-state index in [9.17, 15) is 0 Å².